The molecular formula is C22H30N2O4. The van der Waals surface area contributed by atoms with Gasteiger partial charge in [0.05, 0.1) is 5.92 Å². The quantitative estimate of drug-likeness (QED) is 0.789. The maximum absolute atomic E-state index is 12.6. The van der Waals surface area contributed by atoms with Crippen LogP contribution in [0.4, 0.5) is 5.69 Å². The summed E-state index contributed by atoms with van der Waals surface area (Å²) < 4.78 is 5.37. The summed E-state index contributed by atoms with van der Waals surface area (Å²) >= 11 is 0. The number of para-hydroxylation sites is 1. The average Bonchev–Trinajstić information content (AvgIpc) is 3.06. The molecule has 3 rings (SSSR count). The molecule has 1 aliphatic carbocycles. The van der Waals surface area contributed by atoms with Crippen molar-refractivity contribution in [3.05, 3.63) is 30.3 Å². The monoisotopic (exact) mass is 386 g/mol. The molecule has 0 radical (unpaired) electrons. The highest BCUT2D eigenvalue weighted by molar-refractivity contribution is 5.95. The van der Waals surface area contributed by atoms with Gasteiger partial charge in [-0.3, -0.25) is 14.4 Å². The number of likely N-dealkylation sites (tertiary alicyclic amines) is 1. The predicted octanol–water partition coefficient (Wildman–Crippen LogP) is 3.23. The molecule has 1 aromatic rings. The molecule has 1 saturated carbocycles. The lowest BCUT2D eigenvalue weighted by Gasteiger charge is -2.39. The second kappa shape index (κ2) is 8.76. The molecule has 1 N–H and O–H groups in total. The van der Waals surface area contributed by atoms with Crippen LogP contribution in [0.5, 0.6) is 0 Å². The number of anilines is 1. The van der Waals surface area contributed by atoms with Crippen LogP contribution in [0.3, 0.4) is 0 Å². The number of benzene rings is 1. The van der Waals surface area contributed by atoms with Crippen molar-refractivity contribution in [2.45, 2.75) is 58.6 Å². The van der Waals surface area contributed by atoms with Crippen LogP contribution in [0.25, 0.3) is 0 Å². The maximum Gasteiger partial charge on any atom is 0.312 e. The van der Waals surface area contributed by atoms with Gasteiger partial charge >= 0.3 is 5.97 Å². The van der Waals surface area contributed by atoms with Crippen molar-refractivity contribution in [2.24, 2.45) is 17.8 Å². The van der Waals surface area contributed by atoms with Crippen LogP contribution in [0.2, 0.25) is 0 Å². The van der Waals surface area contributed by atoms with Gasteiger partial charge in [-0.15, -0.1) is 0 Å². The highest BCUT2D eigenvalue weighted by Gasteiger charge is 2.42. The van der Waals surface area contributed by atoms with Crippen LogP contribution in [0, 0.1) is 17.8 Å². The number of nitrogens with zero attached hydrogens (tertiary/aromatic N) is 1. The van der Waals surface area contributed by atoms with Crippen molar-refractivity contribution in [1.29, 1.82) is 0 Å². The fourth-order valence-electron chi connectivity index (χ4n) is 4.29. The number of carbonyl (C=O) groups is 3. The molecule has 0 bridgehead atoms. The summed E-state index contributed by atoms with van der Waals surface area (Å²) in [5.41, 5.74) is 0.651. The molecule has 2 fully saturated rings. The number of rotatable bonds is 5. The Kier molecular flexibility index (Phi) is 6.37. The lowest BCUT2D eigenvalue weighted by atomic mass is 9.77. The molecule has 0 spiro atoms. The second-order valence-corrected chi connectivity index (χ2v) is 8.22. The molecule has 28 heavy (non-hydrogen) atoms. The van der Waals surface area contributed by atoms with E-state index in [0.717, 1.165) is 12.8 Å². The van der Waals surface area contributed by atoms with E-state index in [-0.39, 0.29) is 24.3 Å². The third-order valence-corrected chi connectivity index (χ3v) is 6.26. The molecule has 5 atom stereocenters. The van der Waals surface area contributed by atoms with Gasteiger partial charge in [-0.25, -0.2) is 0 Å². The second-order valence-electron chi connectivity index (χ2n) is 8.22. The number of hydrogen-bond donors (Lipinski definition) is 1. The molecular weight excluding hydrogens is 356 g/mol. The van der Waals surface area contributed by atoms with Crippen LogP contribution in [0.15, 0.2) is 30.3 Å². The van der Waals surface area contributed by atoms with Gasteiger partial charge in [0.15, 0.2) is 6.10 Å². The Bertz CT molecular complexity index is 721. The first-order valence-corrected chi connectivity index (χ1v) is 10.2. The minimum atomic E-state index is -0.912. The van der Waals surface area contributed by atoms with E-state index in [0.29, 0.717) is 24.1 Å². The first kappa shape index (κ1) is 20.4. The van der Waals surface area contributed by atoms with E-state index in [9.17, 15) is 14.4 Å². The van der Waals surface area contributed by atoms with E-state index in [2.05, 4.69) is 19.2 Å². The van der Waals surface area contributed by atoms with Gasteiger partial charge in [-0.1, -0.05) is 44.9 Å². The Morgan fingerprint density at radius 1 is 1.18 bits per heavy atom. The SMILES string of the molecule is C[C@@H]1[C@@H](C)CCC[C@@H]1N1C[C@H](C(=O)O[C@@H](C)C(=O)Nc2ccccc2)CC1=O. The number of hydrogen-bond acceptors (Lipinski definition) is 4. The molecule has 1 aliphatic heterocycles. The van der Waals surface area contributed by atoms with E-state index in [1.807, 2.05) is 23.1 Å². The molecule has 1 saturated heterocycles. The van der Waals surface area contributed by atoms with Gasteiger partial charge in [0.25, 0.3) is 5.91 Å². The standard InChI is InChI=1S/C22H30N2O4/c1-14-8-7-11-19(15(14)2)24-13-17(12-20(24)25)22(27)28-16(3)21(26)23-18-9-5-4-6-10-18/h4-6,9-10,14-17,19H,7-8,11-13H2,1-3H3,(H,23,26)/t14-,15+,16-,17+,19-/m0/s1. The van der Waals surface area contributed by atoms with Crippen molar-refractivity contribution in [1.82, 2.24) is 4.90 Å². The van der Waals surface area contributed by atoms with Crippen LogP contribution < -0.4 is 5.32 Å². The van der Waals surface area contributed by atoms with Crippen LogP contribution in [-0.2, 0) is 19.1 Å². The van der Waals surface area contributed by atoms with E-state index in [4.69, 9.17) is 4.74 Å². The van der Waals surface area contributed by atoms with Gasteiger partial charge in [-0.2, -0.15) is 0 Å². The number of amides is 2. The minimum Gasteiger partial charge on any atom is -0.452 e. The molecule has 2 amide bonds. The van der Waals surface area contributed by atoms with Crippen LogP contribution in [-0.4, -0.2) is 41.4 Å². The van der Waals surface area contributed by atoms with Gasteiger partial charge in [0.1, 0.15) is 0 Å². The first-order valence-electron chi connectivity index (χ1n) is 10.2. The summed E-state index contributed by atoms with van der Waals surface area (Å²) in [6.07, 6.45) is 2.56. The third-order valence-electron chi connectivity index (χ3n) is 6.26. The topological polar surface area (TPSA) is 75.7 Å². The summed E-state index contributed by atoms with van der Waals surface area (Å²) in [5.74, 6) is -0.306. The molecule has 6 nitrogen and oxygen atoms in total. The molecule has 1 aromatic carbocycles. The van der Waals surface area contributed by atoms with Gasteiger partial charge < -0.3 is 15.0 Å². The first-order chi connectivity index (χ1) is 13.4. The fourth-order valence-corrected chi connectivity index (χ4v) is 4.29. The van der Waals surface area contributed by atoms with Crippen molar-refractivity contribution in [2.75, 3.05) is 11.9 Å². The number of nitrogens with one attached hydrogen (secondary N) is 1. The Balaban J connectivity index is 1.54. The zero-order valence-corrected chi connectivity index (χ0v) is 16.9. The highest BCUT2D eigenvalue weighted by Crippen LogP contribution is 2.36. The van der Waals surface area contributed by atoms with Gasteiger partial charge in [0, 0.05) is 24.7 Å². The summed E-state index contributed by atoms with van der Waals surface area (Å²) in [7, 11) is 0. The van der Waals surface area contributed by atoms with Crippen molar-refractivity contribution in [3.63, 3.8) is 0 Å². The largest absolute Gasteiger partial charge is 0.452 e. The van der Waals surface area contributed by atoms with E-state index in [1.165, 1.54) is 6.42 Å². The smallest absolute Gasteiger partial charge is 0.312 e. The Morgan fingerprint density at radius 2 is 1.89 bits per heavy atom. The van der Waals surface area contributed by atoms with E-state index in [1.54, 1.807) is 19.1 Å². The number of ether oxygens (including phenoxy) is 1. The molecule has 152 valence electrons. The summed E-state index contributed by atoms with van der Waals surface area (Å²) in [4.78, 5) is 39.2. The highest BCUT2D eigenvalue weighted by atomic mass is 16.5. The summed E-state index contributed by atoms with van der Waals surface area (Å²) in [6, 6.07) is 9.23. The Hall–Kier alpha value is -2.37. The molecule has 2 aliphatic rings. The van der Waals surface area contributed by atoms with E-state index < -0.39 is 18.0 Å². The normalized spacial score (nSPS) is 28.7. The molecule has 0 aromatic heterocycles. The lowest BCUT2D eigenvalue weighted by molar-refractivity contribution is -0.157. The fraction of sp³-hybridized carbons (Fsp3) is 0.591. The third kappa shape index (κ3) is 4.54. The summed E-state index contributed by atoms with van der Waals surface area (Å²) in [5, 5.41) is 2.72. The number of carbonyl (C=O) groups excluding carboxylic acids is 3. The Labute approximate surface area is 166 Å². The van der Waals surface area contributed by atoms with Crippen molar-refractivity contribution in [3.8, 4) is 0 Å². The van der Waals surface area contributed by atoms with Crippen LogP contribution >= 0.6 is 0 Å². The lowest BCUT2D eigenvalue weighted by Crippen LogP contribution is -2.45. The predicted molar refractivity (Wildman–Crippen MR) is 106 cm³/mol. The van der Waals surface area contributed by atoms with Crippen molar-refractivity contribution < 1.29 is 19.1 Å². The maximum atomic E-state index is 12.6. The average molecular weight is 386 g/mol. The molecule has 6 heteroatoms. The van der Waals surface area contributed by atoms with Gasteiger partial charge in [-0.05, 0) is 37.3 Å². The Morgan fingerprint density at radius 3 is 2.61 bits per heavy atom. The summed E-state index contributed by atoms with van der Waals surface area (Å²) in [6.45, 7) is 6.38. The van der Waals surface area contributed by atoms with Crippen molar-refractivity contribution >= 4 is 23.5 Å². The van der Waals surface area contributed by atoms with Gasteiger partial charge in [0.2, 0.25) is 5.91 Å². The molecule has 1 heterocycles. The van der Waals surface area contributed by atoms with Crippen LogP contribution in [0.1, 0.15) is 46.5 Å². The minimum absolute atomic E-state index is 0.0225. The number of esters is 1. The zero-order valence-electron chi connectivity index (χ0n) is 16.9. The molecule has 0 unspecified atom stereocenters. The zero-order chi connectivity index (χ0) is 20.3. The van der Waals surface area contributed by atoms with E-state index >= 15 is 0 Å².